The first kappa shape index (κ1) is 13.1. The quantitative estimate of drug-likeness (QED) is 0.760. The van der Waals surface area contributed by atoms with Crippen LogP contribution in [-0.2, 0) is 0 Å². The Kier molecular flexibility index (Phi) is 4.02. The topological polar surface area (TPSA) is 30.2 Å². The van der Waals surface area contributed by atoms with Crippen LogP contribution in [-0.4, -0.2) is 5.78 Å². The average molecular weight is 307 g/mol. The van der Waals surface area contributed by atoms with Crippen LogP contribution in [0.4, 0.5) is 0 Å². The molecular formula is C15H15BrO2. The van der Waals surface area contributed by atoms with E-state index in [0.717, 1.165) is 6.42 Å². The van der Waals surface area contributed by atoms with Gasteiger partial charge in [0.25, 0.3) is 0 Å². The Morgan fingerprint density at radius 3 is 2.44 bits per heavy atom. The van der Waals surface area contributed by atoms with Gasteiger partial charge in [0.1, 0.15) is 0 Å². The summed E-state index contributed by atoms with van der Waals surface area (Å²) < 4.78 is 5.57. The number of furan rings is 1. The number of benzene rings is 1. The first-order valence-electron chi connectivity index (χ1n) is 6.01. The highest BCUT2D eigenvalue weighted by molar-refractivity contribution is 9.10. The van der Waals surface area contributed by atoms with Crippen molar-refractivity contribution >= 4 is 21.7 Å². The van der Waals surface area contributed by atoms with Gasteiger partial charge in [-0.05, 0) is 39.9 Å². The molecule has 2 nitrogen and oxygen atoms in total. The molecule has 1 atom stereocenters. The van der Waals surface area contributed by atoms with E-state index in [9.17, 15) is 4.79 Å². The third-order valence-electron chi connectivity index (χ3n) is 3.22. The molecule has 1 unspecified atom stereocenters. The van der Waals surface area contributed by atoms with Crippen LogP contribution in [0.1, 0.15) is 47.7 Å². The van der Waals surface area contributed by atoms with Gasteiger partial charge in [-0.15, -0.1) is 0 Å². The summed E-state index contributed by atoms with van der Waals surface area (Å²) in [5.41, 5.74) is 2.51. The first-order valence-corrected chi connectivity index (χ1v) is 6.80. The largest absolute Gasteiger partial charge is 0.457 e. The van der Waals surface area contributed by atoms with Crippen LogP contribution in [0.15, 0.2) is 45.7 Å². The summed E-state index contributed by atoms with van der Waals surface area (Å²) in [6.45, 7) is 4.34. The predicted molar refractivity (Wildman–Crippen MR) is 75.0 cm³/mol. The fourth-order valence-corrected chi connectivity index (χ4v) is 2.23. The van der Waals surface area contributed by atoms with Gasteiger partial charge < -0.3 is 4.42 Å². The number of rotatable bonds is 4. The van der Waals surface area contributed by atoms with Crippen molar-refractivity contribution in [3.63, 3.8) is 0 Å². The summed E-state index contributed by atoms with van der Waals surface area (Å²) in [5.74, 6) is 0.501. The Balaban J connectivity index is 2.25. The van der Waals surface area contributed by atoms with E-state index in [0.29, 0.717) is 21.7 Å². The van der Waals surface area contributed by atoms with Crippen LogP contribution >= 0.6 is 15.9 Å². The standard InChI is InChI=1S/C15H15BrO2/c1-3-10(2)11-4-6-12(7-5-11)14(17)13-8-9-18-15(13)16/h4-10H,3H2,1-2H3. The minimum absolute atomic E-state index is 0.0219. The first-order chi connectivity index (χ1) is 8.63. The zero-order valence-electron chi connectivity index (χ0n) is 10.4. The molecule has 0 radical (unpaired) electrons. The molecule has 2 rings (SSSR count). The molecule has 1 heterocycles. The Morgan fingerprint density at radius 1 is 1.28 bits per heavy atom. The lowest BCUT2D eigenvalue weighted by Gasteiger charge is -2.09. The molecule has 0 saturated heterocycles. The highest BCUT2D eigenvalue weighted by atomic mass is 79.9. The van der Waals surface area contributed by atoms with Crippen molar-refractivity contribution in [2.24, 2.45) is 0 Å². The third kappa shape index (κ3) is 2.56. The van der Waals surface area contributed by atoms with E-state index in [4.69, 9.17) is 4.42 Å². The van der Waals surface area contributed by atoms with E-state index in [2.05, 4.69) is 29.8 Å². The summed E-state index contributed by atoms with van der Waals surface area (Å²) in [4.78, 5) is 12.2. The number of hydrogen-bond acceptors (Lipinski definition) is 2. The van der Waals surface area contributed by atoms with Gasteiger partial charge >= 0.3 is 0 Å². The lowest BCUT2D eigenvalue weighted by atomic mass is 9.96. The number of halogens is 1. The molecular weight excluding hydrogens is 292 g/mol. The highest BCUT2D eigenvalue weighted by Crippen LogP contribution is 2.23. The van der Waals surface area contributed by atoms with Gasteiger partial charge in [0.15, 0.2) is 10.5 Å². The maximum absolute atomic E-state index is 12.2. The number of hydrogen-bond donors (Lipinski definition) is 0. The second-order valence-corrected chi connectivity index (χ2v) is 5.09. The Labute approximate surface area is 115 Å². The normalized spacial score (nSPS) is 12.4. The van der Waals surface area contributed by atoms with Gasteiger partial charge in [-0.2, -0.15) is 0 Å². The SMILES string of the molecule is CCC(C)c1ccc(C(=O)c2ccoc2Br)cc1. The van der Waals surface area contributed by atoms with Gasteiger partial charge in [0.2, 0.25) is 0 Å². The molecule has 0 aliphatic heterocycles. The molecule has 0 N–H and O–H groups in total. The number of carbonyl (C=O) groups is 1. The summed E-state index contributed by atoms with van der Waals surface area (Å²) in [7, 11) is 0. The summed E-state index contributed by atoms with van der Waals surface area (Å²) in [5, 5.41) is 0. The predicted octanol–water partition coefficient (Wildman–Crippen LogP) is 4.79. The molecule has 0 aliphatic carbocycles. The smallest absolute Gasteiger partial charge is 0.197 e. The van der Waals surface area contributed by atoms with Crippen LogP contribution in [0.3, 0.4) is 0 Å². The van der Waals surface area contributed by atoms with Crippen LogP contribution in [0.2, 0.25) is 0 Å². The zero-order chi connectivity index (χ0) is 13.1. The molecule has 0 spiro atoms. The minimum atomic E-state index is -0.0219. The highest BCUT2D eigenvalue weighted by Gasteiger charge is 2.15. The maximum atomic E-state index is 12.2. The average Bonchev–Trinajstić information content (AvgIpc) is 2.83. The van der Waals surface area contributed by atoms with Gasteiger partial charge in [-0.3, -0.25) is 4.79 Å². The van der Waals surface area contributed by atoms with E-state index in [1.165, 1.54) is 11.8 Å². The van der Waals surface area contributed by atoms with Crippen LogP contribution in [0.25, 0.3) is 0 Å². The van der Waals surface area contributed by atoms with Crippen molar-refractivity contribution < 1.29 is 9.21 Å². The number of ketones is 1. The molecule has 0 saturated carbocycles. The summed E-state index contributed by atoms with van der Waals surface area (Å²) >= 11 is 3.23. The summed E-state index contributed by atoms with van der Waals surface area (Å²) in [6.07, 6.45) is 2.60. The molecule has 0 amide bonds. The third-order valence-corrected chi connectivity index (χ3v) is 3.83. The second kappa shape index (κ2) is 5.53. The Bertz CT molecular complexity index is 540. The van der Waals surface area contributed by atoms with Gasteiger partial charge in [0, 0.05) is 5.56 Å². The van der Waals surface area contributed by atoms with Crippen LogP contribution < -0.4 is 0 Å². The fraction of sp³-hybridized carbons (Fsp3) is 0.267. The molecule has 2 aromatic rings. The van der Waals surface area contributed by atoms with Crippen molar-refractivity contribution in [1.82, 2.24) is 0 Å². The maximum Gasteiger partial charge on any atom is 0.197 e. The second-order valence-electron chi connectivity index (χ2n) is 4.37. The van der Waals surface area contributed by atoms with E-state index in [-0.39, 0.29) is 5.78 Å². The van der Waals surface area contributed by atoms with Crippen molar-refractivity contribution in [3.05, 3.63) is 58.0 Å². The van der Waals surface area contributed by atoms with E-state index in [1.54, 1.807) is 6.07 Å². The van der Waals surface area contributed by atoms with Crippen LogP contribution in [0, 0.1) is 0 Å². The minimum Gasteiger partial charge on any atom is -0.457 e. The zero-order valence-corrected chi connectivity index (χ0v) is 12.0. The van der Waals surface area contributed by atoms with E-state index >= 15 is 0 Å². The molecule has 0 bridgehead atoms. The van der Waals surface area contributed by atoms with Crippen LogP contribution in [0.5, 0.6) is 0 Å². The van der Waals surface area contributed by atoms with Gasteiger partial charge in [-0.25, -0.2) is 0 Å². The van der Waals surface area contributed by atoms with Crippen molar-refractivity contribution in [2.75, 3.05) is 0 Å². The molecule has 18 heavy (non-hydrogen) atoms. The molecule has 3 heteroatoms. The molecule has 1 aromatic carbocycles. The molecule has 0 aliphatic rings. The van der Waals surface area contributed by atoms with Gasteiger partial charge in [0.05, 0.1) is 11.8 Å². The van der Waals surface area contributed by atoms with Gasteiger partial charge in [-0.1, -0.05) is 38.1 Å². The summed E-state index contributed by atoms with van der Waals surface area (Å²) in [6, 6.07) is 9.48. The van der Waals surface area contributed by atoms with E-state index in [1.807, 2.05) is 24.3 Å². The molecule has 0 fully saturated rings. The fourth-order valence-electron chi connectivity index (χ4n) is 1.81. The van der Waals surface area contributed by atoms with Crippen molar-refractivity contribution in [2.45, 2.75) is 26.2 Å². The number of carbonyl (C=O) groups excluding carboxylic acids is 1. The Morgan fingerprint density at radius 2 is 1.94 bits per heavy atom. The Hall–Kier alpha value is -1.35. The lowest BCUT2D eigenvalue weighted by Crippen LogP contribution is -2.01. The monoisotopic (exact) mass is 306 g/mol. The molecule has 1 aromatic heterocycles. The van der Waals surface area contributed by atoms with E-state index < -0.39 is 0 Å². The van der Waals surface area contributed by atoms with Crippen molar-refractivity contribution in [1.29, 1.82) is 0 Å². The van der Waals surface area contributed by atoms with Crippen molar-refractivity contribution in [3.8, 4) is 0 Å². The molecule has 94 valence electrons. The lowest BCUT2D eigenvalue weighted by molar-refractivity contribution is 0.103.